The van der Waals surface area contributed by atoms with E-state index in [2.05, 4.69) is 20.8 Å². The van der Waals surface area contributed by atoms with Crippen molar-refractivity contribution in [2.75, 3.05) is 17.2 Å². The third kappa shape index (κ3) is 6.41. The van der Waals surface area contributed by atoms with Gasteiger partial charge in [0.15, 0.2) is 5.16 Å². The van der Waals surface area contributed by atoms with Crippen molar-refractivity contribution in [3.8, 4) is 11.4 Å². The number of rotatable bonds is 10. The van der Waals surface area contributed by atoms with Crippen LogP contribution in [-0.4, -0.2) is 38.4 Å². The van der Waals surface area contributed by atoms with Crippen molar-refractivity contribution in [2.24, 2.45) is 0 Å². The van der Waals surface area contributed by atoms with E-state index >= 15 is 0 Å². The number of thioether (sulfide) groups is 1. The zero-order chi connectivity index (χ0) is 27.1. The number of anilines is 2. The minimum Gasteiger partial charge on any atom is -0.492 e. The Kier molecular flexibility index (Phi) is 8.81. The molecule has 2 amide bonds. The summed E-state index contributed by atoms with van der Waals surface area (Å²) in [5, 5.41) is 14.7. The maximum absolute atomic E-state index is 13.0. The molecule has 1 unspecified atom stereocenters. The largest absolute Gasteiger partial charge is 0.492 e. The van der Waals surface area contributed by atoms with Crippen LogP contribution in [0.3, 0.4) is 0 Å². The maximum atomic E-state index is 13.0. The highest BCUT2D eigenvalue weighted by molar-refractivity contribution is 8.00. The van der Waals surface area contributed by atoms with Crippen LogP contribution in [0.25, 0.3) is 5.69 Å². The smallest absolute Gasteiger partial charge is 0.237 e. The molecule has 0 radical (unpaired) electrons. The summed E-state index contributed by atoms with van der Waals surface area (Å²) in [5.41, 5.74) is 4.33. The third-order valence-corrected chi connectivity index (χ3v) is 7.05. The molecule has 0 bridgehead atoms. The van der Waals surface area contributed by atoms with Gasteiger partial charge in [0.05, 0.1) is 24.0 Å². The number of aryl methyl sites for hydroxylation is 1. The summed E-state index contributed by atoms with van der Waals surface area (Å²) in [5.74, 6) is 0.678. The summed E-state index contributed by atoms with van der Waals surface area (Å²) in [4.78, 5) is 26.0. The van der Waals surface area contributed by atoms with E-state index in [0.717, 1.165) is 22.5 Å². The molecule has 0 spiro atoms. The Morgan fingerprint density at radius 2 is 1.63 bits per heavy atom. The fraction of sp³-hybridized carbons (Fsp3) is 0.241. The van der Waals surface area contributed by atoms with Crippen molar-refractivity contribution in [3.63, 3.8) is 0 Å². The van der Waals surface area contributed by atoms with Gasteiger partial charge in [-0.2, -0.15) is 0 Å². The molecule has 2 N–H and O–H groups in total. The SMILES string of the molecule is CCOc1ccccc1NC(=O)Cc1nnc(SC(C)C(=O)Nc2cccc(C)c2C)n1-c1ccccc1. The summed E-state index contributed by atoms with van der Waals surface area (Å²) in [6, 6.07) is 22.7. The van der Waals surface area contributed by atoms with E-state index in [-0.39, 0.29) is 18.2 Å². The van der Waals surface area contributed by atoms with Crippen LogP contribution in [0.4, 0.5) is 11.4 Å². The minimum atomic E-state index is -0.457. The van der Waals surface area contributed by atoms with E-state index < -0.39 is 5.25 Å². The normalized spacial score (nSPS) is 11.6. The number of benzene rings is 3. The lowest BCUT2D eigenvalue weighted by molar-refractivity contribution is -0.116. The molecule has 9 heteroatoms. The lowest BCUT2D eigenvalue weighted by Crippen LogP contribution is -2.23. The van der Waals surface area contributed by atoms with Crippen LogP contribution in [0.5, 0.6) is 5.75 Å². The molecular weight excluding hydrogens is 498 g/mol. The van der Waals surface area contributed by atoms with Crippen molar-refractivity contribution >= 4 is 35.0 Å². The first-order valence-corrected chi connectivity index (χ1v) is 13.3. The zero-order valence-electron chi connectivity index (χ0n) is 21.9. The fourth-order valence-electron chi connectivity index (χ4n) is 3.85. The topological polar surface area (TPSA) is 98.1 Å². The van der Waals surface area contributed by atoms with Crippen LogP contribution >= 0.6 is 11.8 Å². The van der Waals surface area contributed by atoms with Gasteiger partial charge < -0.3 is 15.4 Å². The van der Waals surface area contributed by atoms with Gasteiger partial charge in [0.2, 0.25) is 11.8 Å². The highest BCUT2D eigenvalue weighted by Crippen LogP contribution is 2.28. The molecule has 38 heavy (non-hydrogen) atoms. The second-order valence-corrected chi connectivity index (χ2v) is 10.0. The number of ether oxygens (including phenoxy) is 1. The lowest BCUT2D eigenvalue weighted by atomic mass is 10.1. The number of aromatic nitrogens is 3. The van der Waals surface area contributed by atoms with Gasteiger partial charge >= 0.3 is 0 Å². The number of hydrogen-bond donors (Lipinski definition) is 2. The predicted molar refractivity (Wildman–Crippen MR) is 151 cm³/mol. The molecule has 8 nitrogen and oxygen atoms in total. The van der Waals surface area contributed by atoms with Crippen LogP contribution in [0.1, 0.15) is 30.8 Å². The Morgan fingerprint density at radius 1 is 0.921 bits per heavy atom. The summed E-state index contributed by atoms with van der Waals surface area (Å²) in [7, 11) is 0. The number of carbonyl (C=O) groups is 2. The first kappa shape index (κ1) is 26.9. The van der Waals surface area contributed by atoms with Crippen LogP contribution in [-0.2, 0) is 16.0 Å². The first-order valence-electron chi connectivity index (χ1n) is 12.4. The van der Waals surface area contributed by atoms with E-state index in [1.807, 2.05) is 99.0 Å². The molecule has 3 aromatic carbocycles. The first-order chi connectivity index (χ1) is 18.4. The molecule has 1 heterocycles. The summed E-state index contributed by atoms with van der Waals surface area (Å²) in [6.45, 7) is 8.21. The number of hydrogen-bond acceptors (Lipinski definition) is 6. The van der Waals surface area contributed by atoms with Gasteiger partial charge in [-0.05, 0) is 69.2 Å². The number of nitrogens with one attached hydrogen (secondary N) is 2. The average molecular weight is 530 g/mol. The highest BCUT2D eigenvalue weighted by atomic mass is 32.2. The molecule has 196 valence electrons. The summed E-state index contributed by atoms with van der Waals surface area (Å²) in [6.07, 6.45) is -0.00796. The minimum absolute atomic E-state index is 0.00796. The lowest BCUT2D eigenvalue weighted by Gasteiger charge is -2.15. The molecule has 1 aromatic heterocycles. The quantitative estimate of drug-likeness (QED) is 0.260. The van der Waals surface area contributed by atoms with Crippen LogP contribution in [0.2, 0.25) is 0 Å². The van der Waals surface area contributed by atoms with Crippen LogP contribution in [0, 0.1) is 13.8 Å². The van der Waals surface area contributed by atoms with E-state index in [1.54, 1.807) is 6.07 Å². The van der Waals surface area contributed by atoms with E-state index in [1.165, 1.54) is 11.8 Å². The fourth-order valence-corrected chi connectivity index (χ4v) is 4.74. The molecule has 0 fully saturated rings. The molecule has 1 atom stereocenters. The van der Waals surface area contributed by atoms with Gasteiger partial charge in [-0.15, -0.1) is 10.2 Å². The van der Waals surface area contributed by atoms with E-state index in [4.69, 9.17) is 4.74 Å². The Labute approximate surface area is 226 Å². The Hall–Kier alpha value is -4.11. The van der Waals surface area contributed by atoms with Gasteiger partial charge in [0.1, 0.15) is 11.6 Å². The number of amides is 2. The second kappa shape index (κ2) is 12.4. The molecule has 0 aliphatic rings. The molecule has 0 saturated carbocycles. The van der Waals surface area contributed by atoms with Crippen LogP contribution < -0.4 is 15.4 Å². The Bertz CT molecular complexity index is 1420. The second-order valence-electron chi connectivity index (χ2n) is 8.72. The third-order valence-electron chi connectivity index (χ3n) is 6.01. The van der Waals surface area contributed by atoms with Crippen molar-refractivity contribution < 1.29 is 14.3 Å². The van der Waals surface area contributed by atoms with Gasteiger partial charge in [0, 0.05) is 11.4 Å². The number of carbonyl (C=O) groups excluding carboxylic acids is 2. The molecule has 0 aliphatic heterocycles. The van der Waals surface area contributed by atoms with Gasteiger partial charge in [-0.1, -0.05) is 54.2 Å². The summed E-state index contributed by atoms with van der Waals surface area (Å²) >= 11 is 1.29. The molecule has 4 rings (SSSR count). The van der Waals surface area contributed by atoms with E-state index in [0.29, 0.717) is 29.0 Å². The molecule has 0 aliphatic carbocycles. The monoisotopic (exact) mass is 529 g/mol. The van der Waals surface area contributed by atoms with Crippen molar-refractivity contribution in [3.05, 3.63) is 89.7 Å². The van der Waals surface area contributed by atoms with E-state index in [9.17, 15) is 9.59 Å². The predicted octanol–water partition coefficient (Wildman–Crippen LogP) is 5.58. The zero-order valence-corrected chi connectivity index (χ0v) is 22.7. The van der Waals surface area contributed by atoms with Gasteiger partial charge in [-0.25, -0.2) is 0 Å². The van der Waals surface area contributed by atoms with Crippen molar-refractivity contribution in [1.29, 1.82) is 0 Å². The number of nitrogens with zero attached hydrogens (tertiary/aromatic N) is 3. The van der Waals surface area contributed by atoms with Gasteiger partial charge in [0.25, 0.3) is 0 Å². The maximum Gasteiger partial charge on any atom is 0.237 e. The number of para-hydroxylation sites is 3. The van der Waals surface area contributed by atoms with Gasteiger partial charge in [-0.3, -0.25) is 14.2 Å². The van der Waals surface area contributed by atoms with Crippen molar-refractivity contribution in [2.45, 2.75) is 44.5 Å². The molecule has 4 aromatic rings. The highest BCUT2D eigenvalue weighted by Gasteiger charge is 2.23. The van der Waals surface area contributed by atoms with Crippen LogP contribution in [0.15, 0.2) is 78.0 Å². The average Bonchev–Trinajstić information content (AvgIpc) is 3.30. The summed E-state index contributed by atoms with van der Waals surface area (Å²) < 4.78 is 7.44. The van der Waals surface area contributed by atoms with Crippen molar-refractivity contribution in [1.82, 2.24) is 14.8 Å². The molecule has 0 saturated heterocycles. The Morgan fingerprint density at radius 3 is 2.39 bits per heavy atom. The Balaban J connectivity index is 1.54. The standard InChI is InChI=1S/C29H31N5O3S/c1-5-37-25-17-10-9-15-24(25)30-27(35)18-26-32-33-29(34(26)22-13-7-6-8-14-22)38-21(4)28(36)31-23-16-11-12-19(2)20(23)3/h6-17,21H,5,18H2,1-4H3,(H,30,35)(H,31,36). The molecular formula is C29H31N5O3S.